The Bertz CT molecular complexity index is 224. The van der Waals surface area contributed by atoms with Crippen molar-refractivity contribution in [3.63, 3.8) is 0 Å². The molecule has 1 nitrogen and oxygen atoms in total. The highest BCUT2D eigenvalue weighted by atomic mass is 19.1. The molecule has 12 heavy (non-hydrogen) atoms. The molecule has 0 aromatic carbocycles. The van der Waals surface area contributed by atoms with E-state index in [1.807, 2.05) is 0 Å². The Hall–Kier alpha value is -1.31. The molecule has 0 radical (unpaired) electrons. The first-order valence-electron chi connectivity index (χ1n) is 3.70. The van der Waals surface area contributed by atoms with Crippen LogP contribution in [0, 0.1) is 0 Å². The average molecular weight is 168 g/mol. The van der Waals surface area contributed by atoms with Crippen LogP contribution in [0.1, 0.15) is 13.3 Å². The van der Waals surface area contributed by atoms with Gasteiger partial charge in [-0.05, 0) is 31.6 Å². The molecule has 0 aliphatic rings. The van der Waals surface area contributed by atoms with Gasteiger partial charge in [-0.1, -0.05) is 12.2 Å². The first-order chi connectivity index (χ1) is 5.70. The number of hydrogen-bond donors (Lipinski definition) is 1. The van der Waals surface area contributed by atoms with Gasteiger partial charge in [0.15, 0.2) is 0 Å². The Kier molecular flexibility index (Phi) is 5.70. The van der Waals surface area contributed by atoms with E-state index in [0.717, 1.165) is 0 Å². The van der Waals surface area contributed by atoms with Crippen molar-refractivity contribution in [2.45, 2.75) is 13.3 Å². The third-order valence-corrected chi connectivity index (χ3v) is 1.18. The lowest BCUT2D eigenvalue weighted by Crippen LogP contribution is -1.73. The van der Waals surface area contributed by atoms with Gasteiger partial charge in [-0.15, -0.1) is 6.58 Å². The normalized spacial score (nSPS) is 13.8. The van der Waals surface area contributed by atoms with Crippen LogP contribution in [-0.4, -0.2) is 5.11 Å². The van der Waals surface area contributed by atoms with Crippen molar-refractivity contribution >= 4 is 0 Å². The largest absolute Gasteiger partial charge is 0.508 e. The summed E-state index contributed by atoms with van der Waals surface area (Å²) < 4.78 is 12.4. The van der Waals surface area contributed by atoms with Crippen LogP contribution in [0.15, 0.2) is 48.5 Å². The highest BCUT2D eigenvalue weighted by Crippen LogP contribution is 2.01. The van der Waals surface area contributed by atoms with E-state index in [9.17, 15) is 4.39 Å². The molecule has 0 saturated carbocycles. The van der Waals surface area contributed by atoms with E-state index in [-0.39, 0.29) is 11.6 Å². The molecule has 0 spiro atoms. The minimum Gasteiger partial charge on any atom is -0.508 e. The molecule has 0 aliphatic carbocycles. The van der Waals surface area contributed by atoms with Crippen LogP contribution in [0.5, 0.6) is 0 Å². The lowest BCUT2D eigenvalue weighted by Gasteiger charge is -1.88. The maximum absolute atomic E-state index is 12.4. The summed E-state index contributed by atoms with van der Waals surface area (Å²) >= 11 is 0. The van der Waals surface area contributed by atoms with Gasteiger partial charge in [0.05, 0.1) is 0 Å². The van der Waals surface area contributed by atoms with Crippen LogP contribution in [0.4, 0.5) is 4.39 Å². The van der Waals surface area contributed by atoms with Crippen molar-refractivity contribution in [1.82, 2.24) is 0 Å². The fourth-order valence-electron chi connectivity index (χ4n) is 0.533. The number of aliphatic hydroxyl groups excluding tert-OH is 1. The maximum Gasteiger partial charge on any atom is 0.119 e. The molecule has 0 aromatic rings. The molecule has 0 atom stereocenters. The van der Waals surface area contributed by atoms with Gasteiger partial charge in [0, 0.05) is 0 Å². The van der Waals surface area contributed by atoms with Crippen molar-refractivity contribution in [3.8, 4) is 0 Å². The summed E-state index contributed by atoms with van der Waals surface area (Å²) in [6.07, 6.45) is 7.60. The van der Waals surface area contributed by atoms with Gasteiger partial charge in [-0.25, -0.2) is 4.39 Å². The Balaban J connectivity index is 4.06. The van der Waals surface area contributed by atoms with Crippen LogP contribution in [0.2, 0.25) is 0 Å². The second kappa shape index (κ2) is 6.40. The van der Waals surface area contributed by atoms with E-state index in [0.29, 0.717) is 6.42 Å². The number of allylic oxidation sites excluding steroid dienone is 6. The van der Waals surface area contributed by atoms with Crippen molar-refractivity contribution in [2.24, 2.45) is 0 Å². The van der Waals surface area contributed by atoms with E-state index < -0.39 is 0 Å². The van der Waals surface area contributed by atoms with E-state index in [4.69, 9.17) is 5.11 Å². The SMILES string of the molecule is C=CC/C=C(O)/C=C\C(F)=C/C. The summed E-state index contributed by atoms with van der Waals surface area (Å²) in [7, 11) is 0. The zero-order chi connectivity index (χ0) is 9.40. The topological polar surface area (TPSA) is 20.2 Å². The highest BCUT2D eigenvalue weighted by Gasteiger charge is 1.85. The maximum atomic E-state index is 12.4. The van der Waals surface area contributed by atoms with Crippen molar-refractivity contribution < 1.29 is 9.50 Å². The van der Waals surface area contributed by atoms with Crippen LogP contribution >= 0.6 is 0 Å². The Morgan fingerprint density at radius 3 is 2.67 bits per heavy atom. The summed E-state index contributed by atoms with van der Waals surface area (Å²) in [5.74, 6) is -0.319. The van der Waals surface area contributed by atoms with E-state index >= 15 is 0 Å². The number of hydrogen-bond acceptors (Lipinski definition) is 1. The Labute approximate surface area is 72.2 Å². The van der Waals surface area contributed by atoms with Crippen LogP contribution in [-0.2, 0) is 0 Å². The summed E-state index contributed by atoms with van der Waals surface area (Å²) in [5.41, 5.74) is 0. The van der Waals surface area contributed by atoms with Crippen molar-refractivity contribution in [1.29, 1.82) is 0 Å². The quantitative estimate of drug-likeness (QED) is 0.387. The summed E-state index contributed by atoms with van der Waals surface area (Å²) in [6.45, 7) is 5.07. The molecular formula is C10H13FO. The van der Waals surface area contributed by atoms with Gasteiger partial charge >= 0.3 is 0 Å². The van der Waals surface area contributed by atoms with Gasteiger partial charge in [0.1, 0.15) is 11.6 Å². The zero-order valence-electron chi connectivity index (χ0n) is 7.13. The number of rotatable bonds is 4. The first kappa shape index (κ1) is 10.7. The minimum absolute atomic E-state index is 0.0481. The molecule has 2 heteroatoms. The molecular weight excluding hydrogens is 155 g/mol. The van der Waals surface area contributed by atoms with E-state index in [2.05, 4.69) is 6.58 Å². The van der Waals surface area contributed by atoms with Crippen molar-refractivity contribution in [2.75, 3.05) is 0 Å². The fourth-order valence-corrected chi connectivity index (χ4v) is 0.533. The molecule has 0 saturated heterocycles. The summed E-state index contributed by atoms with van der Waals surface area (Å²) in [5, 5.41) is 9.06. The molecule has 1 N–H and O–H groups in total. The lowest BCUT2D eigenvalue weighted by molar-refractivity contribution is 0.430. The fraction of sp³-hybridized carbons (Fsp3) is 0.200. The monoisotopic (exact) mass is 168 g/mol. The van der Waals surface area contributed by atoms with Gasteiger partial charge < -0.3 is 5.11 Å². The molecule has 66 valence electrons. The molecule has 0 aromatic heterocycles. The minimum atomic E-state index is -0.367. The predicted molar refractivity (Wildman–Crippen MR) is 49.5 cm³/mol. The van der Waals surface area contributed by atoms with Gasteiger partial charge in [0.2, 0.25) is 0 Å². The second-order valence-corrected chi connectivity index (χ2v) is 2.16. The van der Waals surface area contributed by atoms with E-state index in [1.54, 1.807) is 19.1 Å². The third kappa shape index (κ3) is 5.47. The molecule has 0 amide bonds. The number of halogens is 1. The van der Waals surface area contributed by atoms with Crippen LogP contribution in [0.25, 0.3) is 0 Å². The molecule has 0 bridgehead atoms. The standard InChI is InChI=1S/C10H13FO/c1-3-5-6-10(12)8-7-9(11)4-2/h3-4,6-8,12H,1,5H2,2H3/b8-7-,9-4+,10-6-. The number of aliphatic hydroxyl groups is 1. The van der Waals surface area contributed by atoms with Crippen LogP contribution < -0.4 is 0 Å². The molecule has 0 rings (SSSR count). The summed E-state index contributed by atoms with van der Waals surface area (Å²) in [4.78, 5) is 0. The van der Waals surface area contributed by atoms with Crippen LogP contribution in [0.3, 0.4) is 0 Å². The third-order valence-electron chi connectivity index (χ3n) is 1.18. The smallest absolute Gasteiger partial charge is 0.119 e. The van der Waals surface area contributed by atoms with Gasteiger partial charge in [0.25, 0.3) is 0 Å². The highest BCUT2D eigenvalue weighted by molar-refractivity contribution is 5.19. The first-order valence-corrected chi connectivity index (χ1v) is 3.70. The second-order valence-electron chi connectivity index (χ2n) is 2.16. The van der Waals surface area contributed by atoms with E-state index in [1.165, 1.54) is 18.2 Å². The van der Waals surface area contributed by atoms with Gasteiger partial charge in [-0.2, -0.15) is 0 Å². The summed E-state index contributed by atoms with van der Waals surface area (Å²) in [6, 6.07) is 0. The van der Waals surface area contributed by atoms with Crippen molar-refractivity contribution in [3.05, 3.63) is 48.5 Å². The lowest BCUT2D eigenvalue weighted by atomic mass is 10.3. The molecule has 0 aliphatic heterocycles. The average Bonchev–Trinajstić information content (AvgIpc) is 2.10. The molecule has 0 heterocycles. The Morgan fingerprint density at radius 2 is 2.17 bits per heavy atom. The molecule has 0 unspecified atom stereocenters. The zero-order valence-corrected chi connectivity index (χ0v) is 7.13. The van der Waals surface area contributed by atoms with Gasteiger partial charge in [-0.3, -0.25) is 0 Å². The Morgan fingerprint density at radius 1 is 1.50 bits per heavy atom. The predicted octanol–water partition coefficient (Wildman–Crippen LogP) is 3.43. The molecule has 0 fully saturated rings.